The molecule has 0 amide bonds. The lowest BCUT2D eigenvalue weighted by atomic mass is 9.77. The topological polar surface area (TPSA) is 29.5 Å². The molecule has 25 heavy (non-hydrogen) atoms. The van der Waals surface area contributed by atoms with E-state index in [4.69, 9.17) is 16.3 Å². The van der Waals surface area contributed by atoms with Crippen LogP contribution in [0, 0.1) is 5.92 Å². The van der Waals surface area contributed by atoms with Gasteiger partial charge in [-0.05, 0) is 35.9 Å². The molecule has 5 heteroatoms. The van der Waals surface area contributed by atoms with Crippen LogP contribution in [0.15, 0.2) is 48.5 Å². The molecule has 3 nitrogen and oxygen atoms in total. The van der Waals surface area contributed by atoms with E-state index in [1.807, 2.05) is 42.1 Å². The summed E-state index contributed by atoms with van der Waals surface area (Å²) in [5.41, 5.74) is 1.95. The Hall–Kier alpha value is -1.49. The maximum Gasteiger partial charge on any atom is 0.168 e. The number of ether oxygens (including phenoxy) is 1. The molecule has 0 N–H and O–H groups in total. The second-order valence-corrected chi connectivity index (χ2v) is 8.36. The minimum atomic E-state index is -0.0220. The van der Waals surface area contributed by atoms with E-state index in [9.17, 15) is 4.79 Å². The Morgan fingerprint density at radius 1 is 1.12 bits per heavy atom. The van der Waals surface area contributed by atoms with Crippen LogP contribution in [-0.4, -0.2) is 41.0 Å². The van der Waals surface area contributed by atoms with Crippen molar-refractivity contribution in [3.05, 3.63) is 64.7 Å². The summed E-state index contributed by atoms with van der Waals surface area (Å²) in [5, 5.41) is 0.662. The van der Waals surface area contributed by atoms with E-state index in [-0.39, 0.29) is 29.7 Å². The number of nitrogens with zero attached hydrogens (tertiary/aromatic N) is 1. The molecule has 3 aliphatic rings. The second-order valence-electron chi connectivity index (χ2n) is 6.92. The van der Waals surface area contributed by atoms with E-state index in [0.717, 1.165) is 22.9 Å². The van der Waals surface area contributed by atoms with Gasteiger partial charge in [0.05, 0.1) is 6.04 Å². The smallest absolute Gasteiger partial charge is 0.168 e. The van der Waals surface area contributed by atoms with Crippen molar-refractivity contribution >= 4 is 29.1 Å². The standard InChI is InChI=1S/C20H18ClNO2S/c21-13-7-5-12(6-8-13)20(23)19-16-10-25-11-22(16)15-9-24-17-4-2-1-3-14(17)18(15)19/h1-8,15-16,18-19H,9-11H2/t15-,16-,18+,19+/m1/s1. The molecule has 4 atom stereocenters. The Morgan fingerprint density at radius 2 is 1.92 bits per heavy atom. The molecule has 2 fully saturated rings. The molecule has 3 heterocycles. The first-order chi connectivity index (χ1) is 12.2. The zero-order chi connectivity index (χ0) is 17.0. The van der Waals surface area contributed by atoms with Crippen molar-refractivity contribution in [2.45, 2.75) is 18.0 Å². The van der Waals surface area contributed by atoms with Crippen LogP contribution in [0.1, 0.15) is 21.8 Å². The summed E-state index contributed by atoms with van der Waals surface area (Å²) in [6, 6.07) is 16.1. The van der Waals surface area contributed by atoms with Gasteiger partial charge in [0.2, 0.25) is 0 Å². The van der Waals surface area contributed by atoms with E-state index >= 15 is 0 Å². The Kier molecular flexibility index (Phi) is 3.81. The summed E-state index contributed by atoms with van der Waals surface area (Å²) >= 11 is 7.92. The third-order valence-corrected chi connectivity index (χ3v) is 7.03. The Balaban J connectivity index is 1.59. The molecular weight excluding hydrogens is 354 g/mol. The number of carbonyl (C=O) groups excluding carboxylic acids is 1. The van der Waals surface area contributed by atoms with Crippen LogP contribution >= 0.6 is 23.4 Å². The zero-order valence-electron chi connectivity index (χ0n) is 13.6. The van der Waals surface area contributed by atoms with Crippen molar-refractivity contribution in [1.82, 2.24) is 4.90 Å². The highest BCUT2D eigenvalue weighted by molar-refractivity contribution is 7.99. The number of halogens is 1. The van der Waals surface area contributed by atoms with Crippen LogP contribution in [-0.2, 0) is 0 Å². The lowest BCUT2D eigenvalue weighted by Gasteiger charge is -2.33. The summed E-state index contributed by atoms with van der Waals surface area (Å²) in [6.45, 7) is 0.670. The fourth-order valence-electron chi connectivity index (χ4n) is 4.61. The summed E-state index contributed by atoms with van der Waals surface area (Å²) < 4.78 is 6.02. The molecule has 0 aromatic heterocycles. The third-order valence-electron chi connectivity index (χ3n) is 5.72. The molecule has 0 spiro atoms. The largest absolute Gasteiger partial charge is 0.492 e. The minimum absolute atomic E-state index is 0.0220. The lowest BCUT2D eigenvalue weighted by Crippen LogP contribution is -2.40. The van der Waals surface area contributed by atoms with Gasteiger partial charge in [-0.15, -0.1) is 11.8 Å². The highest BCUT2D eigenvalue weighted by Gasteiger charge is 2.56. The first-order valence-corrected chi connectivity index (χ1v) is 10.1. The number of hydrogen-bond donors (Lipinski definition) is 0. The van der Waals surface area contributed by atoms with Gasteiger partial charge in [0.25, 0.3) is 0 Å². The van der Waals surface area contributed by atoms with Gasteiger partial charge >= 0.3 is 0 Å². The van der Waals surface area contributed by atoms with Crippen LogP contribution in [0.2, 0.25) is 5.02 Å². The van der Waals surface area contributed by atoms with E-state index in [0.29, 0.717) is 11.6 Å². The fourth-order valence-corrected chi connectivity index (χ4v) is 6.08. The Bertz CT molecular complexity index is 825. The molecule has 128 valence electrons. The first kappa shape index (κ1) is 15.7. The molecule has 2 saturated heterocycles. The normalized spacial score (nSPS) is 30.3. The summed E-state index contributed by atoms with van der Waals surface area (Å²) in [4.78, 5) is 15.9. The number of ketones is 1. The highest BCUT2D eigenvalue weighted by Crippen LogP contribution is 2.52. The number of Topliss-reactive ketones (excluding diaryl/α,β-unsaturated/α-hetero) is 1. The van der Waals surface area contributed by atoms with Crippen molar-refractivity contribution in [2.24, 2.45) is 5.92 Å². The van der Waals surface area contributed by atoms with Crippen LogP contribution in [0.5, 0.6) is 5.75 Å². The van der Waals surface area contributed by atoms with Crippen molar-refractivity contribution in [3.63, 3.8) is 0 Å². The van der Waals surface area contributed by atoms with E-state index in [1.54, 1.807) is 12.1 Å². The maximum atomic E-state index is 13.4. The second kappa shape index (κ2) is 6.04. The molecular formula is C20H18ClNO2S. The predicted octanol–water partition coefficient (Wildman–Crippen LogP) is 4.07. The van der Waals surface area contributed by atoms with Gasteiger partial charge in [-0.1, -0.05) is 29.8 Å². The van der Waals surface area contributed by atoms with Gasteiger partial charge in [0, 0.05) is 40.1 Å². The molecule has 0 radical (unpaired) electrons. The van der Waals surface area contributed by atoms with Crippen LogP contribution in [0.4, 0.5) is 0 Å². The first-order valence-electron chi connectivity index (χ1n) is 8.59. The van der Waals surface area contributed by atoms with Crippen molar-refractivity contribution < 1.29 is 9.53 Å². The van der Waals surface area contributed by atoms with E-state index < -0.39 is 0 Å². The average molecular weight is 372 g/mol. The molecule has 3 aliphatic heterocycles. The Morgan fingerprint density at radius 3 is 2.76 bits per heavy atom. The predicted molar refractivity (Wildman–Crippen MR) is 101 cm³/mol. The van der Waals surface area contributed by atoms with Crippen molar-refractivity contribution in [1.29, 1.82) is 0 Å². The molecule has 0 bridgehead atoms. The summed E-state index contributed by atoms with van der Waals surface area (Å²) in [6.07, 6.45) is 0. The number of para-hydroxylation sites is 1. The van der Waals surface area contributed by atoms with E-state index in [1.165, 1.54) is 5.56 Å². The summed E-state index contributed by atoms with van der Waals surface area (Å²) in [5.74, 6) is 3.36. The molecule has 0 aliphatic carbocycles. The molecule has 2 aromatic carbocycles. The number of carbonyl (C=O) groups is 1. The van der Waals surface area contributed by atoms with Gasteiger partial charge in [-0.25, -0.2) is 0 Å². The fraction of sp³-hybridized carbons (Fsp3) is 0.350. The van der Waals surface area contributed by atoms with E-state index in [2.05, 4.69) is 11.0 Å². The number of benzene rings is 2. The number of fused-ring (bicyclic) bond motifs is 5. The number of thioether (sulfide) groups is 1. The van der Waals surface area contributed by atoms with Gasteiger partial charge in [-0.3, -0.25) is 9.69 Å². The van der Waals surface area contributed by atoms with Gasteiger partial charge in [0.1, 0.15) is 12.4 Å². The molecule has 5 rings (SSSR count). The maximum absolute atomic E-state index is 13.4. The number of rotatable bonds is 2. The van der Waals surface area contributed by atoms with Gasteiger partial charge in [0.15, 0.2) is 5.78 Å². The van der Waals surface area contributed by atoms with Gasteiger partial charge < -0.3 is 4.74 Å². The number of hydrogen-bond acceptors (Lipinski definition) is 4. The monoisotopic (exact) mass is 371 g/mol. The summed E-state index contributed by atoms with van der Waals surface area (Å²) in [7, 11) is 0. The van der Waals surface area contributed by atoms with Crippen LogP contribution in [0.3, 0.4) is 0 Å². The van der Waals surface area contributed by atoms with Crippen LogP contribution in [0.25, 0.3) is 0 Å². The lowest BCUT2D eigenvalue weighted by molar-refractivity contribution is 0.0891. The van der Waals surface area contributed by atoms with Crippen molar-refractivity contribution in [2.75, 3.05) is 18.2 Å². The highest BCUT2D eigenvalue weighted by atomic mass is 35.5. The van der Waals surface area contributed by atoms with Crippen LogP contribution < -0.4 is 4.74 Å². The average Bonchev–Trinajstić information content (AvgIpc) is 3.22. The molecule has 2 aromatic rings. The quantitative estimate of drug-likeness (QED) is 0.744. The Labute approximate surface area is 156 Å². The molecule has 0 unspecified atom stereocenters. The van der Waals surface area contributed by atoms with Crippen molar-refractivity contribution in [3.8, 4) is 5.75 Å². The SMILES string of the molecule is O=C(c1ccc(Cl)cc1)[C@@H]1[C@H]2c3ccccc3OC[C@H]2N2CSC[C@H]12. The molecule has 0 saturated carbocycles. The minimum Gasteiger partial charge on any atom is -0.492 e. The zero-order valence-corrected chi connectivity index (χ0v) is 15.2. The van der Waals surface area contributed by atoms with Gasteiger partial charge in [-0.2, -0.15) is 0 Å². The third kappa shape index (κ3) is 2.42.